The Morgan fingerprint density at radius 1 is 0.750 bits per heavy atom. The zero-order valence-electron chi connectivity index (χ0n) is 11.4. The van der Waals surface area contributed by atoms with Gasteiger partial charge in [0, 0.05) is 0 Å². The van der Waals surface area contributed by atoms with Crippen LogP contribution in [0.15, 0.2) is 24.6 Å². The van der Waals surface area contributed by atoms with Gasteiger partial charge >= 0.3 is 0 Å². The van der Waals surface area contributed by atoms with E-state index in [4.69, 9.17) is 0 Å². The van der Waals surface area contributed by atoms with Gasteiger partial charge in [0.25, 0.3) is 0 Å². The molecule has 94 valence electrons. The van der Waals surface area contributed by atoms with Crippen molar-refractivity contribution >= 4 is 8.07 Å². The molecule has 0 saturated carbocycles. The summed E-state index contributed by atoms with van der Waals surface area (Å²) < 4.78 is 0. The molecule has 0 aromatic carbocycles. The molecule has 0 nitrogen and oxygen atoms in total. The van der Waals surface area contributed by atoms with Crippen LogP contribution in [-0.4, -0.2) is 8.07 Å². The van der Waals surface area contributed by atoms with Crippen molar-refractivity contribution < 1.29 is 0 Å². The van der Waals surface area contributed by atoms with Crippen LogP contribution in [0.1, 0.15) is 58.8 Å². The van der Waals surface area contributed by atoms with Crippen molar-refractivity contribution in [3.8, 4) is 0 Å². The molecule has 0 saturated heterocycles. The van der Waals surface area contributed by atoms with Gasteiger partial charge in [-0.1, -0.05) is 82.3 Å². The van der Waals surface area contributed by atoms with Crippen LogP contribution in [0.4, 0.5) is 0 Å². The lowest BCUT2D eigenvalue weighted by Gasteiger charge is -2.23. The van der Waals surface area contributed by atoms with Crippen molar-refractivity contribution in [3.05, 3.63) is 24.6 Å². The van der Waals surface area contributed by atoms with E-state index >= 15 is 0 Å². The standard InChI is InChI=1S/C15H30Si/c1-5-9-10-11-12-13-15-16(7-3,8-4)14-6-2/h7-8H,3-6,9-15H2,1-2H3. The molecule has 0 aliphatic heterocycles. The van der Waals surface area contributed by atoms with Crippen LogP contribution >= 0.6 is 0 Å². The molecule has 0 aliphatic carbocycles. The molecule has 0 fully saturated rings. The molecule has 0 atom stereocenters. The third-order valence-electron chi connectivity index (χ3n) is 3.52. The van der Waals surface area contributed by atoms with Crippen LogP contribution in [-0.2, 0) is 0 Å². The normalized spacial score (nSPS) is 11.4. The molecule has 0 spiro atoms. The first-order valence-electron chi connectivity index (χ1n) is 7.02. The summed E-state index contributed by atoms with van der Waals surface area (Å²) in [6.45, 7) is 12.6. The van der Waals surface area contributed by atoms with Crippen molar-refractivity contribution in [1.82, 2.24) is 0 Å². The Bertz CT molecular complexity index is 176. The molecule has 0 rings (SSSR count). The average molecular weight is 238 g/mol. The Labute approximate surface area is 104 Å². The molecule has 0 amide bonds. The predicted molar refractivity (Wildman–Crippen MR) is 79.4 cm³/mol. The first-order chi connectivity index (χ1) is 7.74. The predicted octanol–water partition coefficient (Wildman–Crippen LogP) is 5.66. The van der Waals surface area contributed by atoms with Gasteiger partial charge in [0.2, 0.25) is 0 Å². The van der Waals surface area contributed by atoms with Crippen LogP contribution in [0.3, 0.4) is 0 Å². The van der Waals surface area contributed by atoms with Gasteiger partial charge < -0.3 is 0 Å². The van der Waals surface area contributed by atoms with Crippen LogP contribution in [0, 0.1) is 0 Å². The van der Waals surface area contributed by atoms with E-state index in [1.165, 1.54) is 57.0 Å². The van der Waals surface area contributed by atoms with Crippen molar-refractivity contribution in [2.24, 2.45) is 0 Å². The van der Waals surface area contributed by atoms with Gasteiger partial charge in [0.15, 0.2) is 0 Å². The van der Waals surface area contributed by atoms with E-state index in [-0.39, 0.29) is 0 Å². The number of unbranched alkanes of at least 4 members (excludes halogenated alkanes) is 5. The summed E-state index contributed by atoms with van der Waals surface area (Å²) in [6.07, 6.45) is 9.64. The second-order valence-electron chi connectivity index (χ2n) is 4.91. The van der Waals surface area contributed by atoms with Crippen LogP contribution in [0.2, 0.25) is 12.1 Å². The summed E-state index contributed by atoms with van der Waals surface area (Å²) in [4.78, 5) is 0. The van der Waals surface area contributed by atoms with Crippen molar-refractivity contribution in [2.45, 2.75) is 70.9 Å². The summed E-state index contributed by atoms with van der Waals surface area (Å²) in [5, 5.41) is 0. The molecular formula is C15H30Si. The van der Waals surface area contributed by atoms with Gasteiger partial charge in [0.1, 0.15) is 8.07 Å². The van der Waals surface area contributed by atoms with Crippen LogP contribution in [0.25, 0.3) is 0 Å². The lowest BCUT2D eigenvalue weighted by Crippen LogP contribution is -2.28. The fraction of sp³-hybridized carbons (Fsp3) is 0.733. The summed E-state index contributed by atoms with van der Waals surface area (Å²) in [6, 6.07) is 2.72. The molecule has 1 heteroatoms. The number of rotatable bonds is 11. The maximum absolute atomic E-state index is 4.04. The van der Waals surface area contributed by atoms with Gasteiger partial charge in [-0.25, -0.2) is 0 Å². The smallest absolute Gasteiger partial charge is 0.100 e. The molecule has 16 heavy (non-hydrogen) atoms. The first kappa shape index (κ1) is 15.7. The third-order valence-corrected chi connectivity index (χ3v) is 7.87. The zero-order valence-corrected chi connectivity index (χ0v) is 12.4. The largest absolute Gasteiger partial charge is 0.107 e. The maximum Gasteiger partial charge on any atom is 0.100 e. The third kappa shape index (κ3) is 6.32. The summed E-state index contributed by atoms with van der Waals surface area (Å²) in [7, 11) is -1.28. The lowest BCUT2D eigenvalue weighted by molar-refractivity contribution is 0.622. The van der Waals surface area contributed by atoms with Gasteiger partial charge in [0.05, 0.1) is 0 Å². The van der Waals surface area contributed by atoms with Gasteiger partial charge in [-0.2, -0.15) is 0 Å². The fourth-order valence-corrected chi connectivity index (χ4v) is 5.39. The molecule has 0 radical (unpaired) electrons. The number of hydrogen-bond donors (Lipinski definition) is 0. The summed E-state index contributed by atoms with van der Waals surface area (Å²) in [5.41, 5.74) is 4.49. The molecular weight excluding hydrogens is 208 g/mol. The molecule has 0 N–H and O–H groups in total. The SMILES string of the molecule is C=C[Si](C=C)(CCC)CCCCCCCC. The van der Waals surface area contributed by atoms with E-state index in [1.807, 2.05) is 0 Å². The fourth-order valence-electron chi connectivity index (χ4n) is 2.32. The van der Waals surface area contributed by atoms with Gasteiger partial charge in [-0.05, 0) is 0 Å². The summed E-state index contributed by atoms with van der Waals surface area (Å²) in [5.74, 6) is 0. The van der Waals surface area contributed by atoms with Crippen molar-refractivity contribution in [3.63, 3.8) is 0 Å². The molecule has 0 aromatic rings. The quantitative estimate of drug-likeness (QED) is 0.322. The minimum absolute atomic E-state index is 1.28. The monoisotopic (exact) mass is 238 g/mol. The summed E-state index contributed by atoms with van der Waals surface area (Å²) >= 11 is 0. The van der Waals surface area contributed by atoms with Crippen LogP contribution in [0.5, 0.6) is 0 Å². The highest BCUT2D eigenvalue weighted by atomic mass is 28.3. The topological polar surface area (TPSA) is 0 Å². The van der Waals surface area contributed by atoms with E-state index in [9.17, 15) is 0 Å². The Balaban J connectivity index is 3.76. The second kappa shape index (κ2) is 9.89. The van der Waals surface area contributed by atoms with E-state index in [2.05, 4.69) is 38.4 Å². The average Bonchev–Trinajstić information content (AvgIpc) is 2.32. The highest BCUT2D eigenvalue weighted by Gasteiger charge is 2.23. The number of hydrogen-bond acceptors (Lipinski definition) is 0. The lowest BCUT2D eigenvalue weighted by atomic mass is 10.1. The second-order valence-corrected chi connectivity index (χ2v) is 9.19. The Morgan fingerprint density at radius 3 is 1.81 bits per heavy atom. The molecule has 0 heterocycles. The van der Waals surface area contributed by atoms with Crippen LogP contribution < -0.4 is 0 Å². The highest BCUT2D eigenvalue weighted by molar-refractivity contribution is 6.88. The van der Waals surface area contributed by atoms with E-state index in [0.29, 0.717) is 0 Å². The Kier molecular flexibility index (Phi) is 9.70. The Morgan fingerprint density at radius 2 is 1.31 bits per heavy atom. The van der Waals surface area contributed by atoms with E-state index in [0.717, 1.165) is 0 Å². The van der Waals surface area contributed by atoms with Crippen molar-refractivity contribution in [2.75, 3.05) is 0 Å². The van der Waals surface area contributed by atoms with Gasteiger partial charge in [-0.15, -0.1) is 13.2 Å². The van der Waals surface area contributed by atoms with Crippen molar-refractivity contribution in [1.29, 1.82) is 0 Å². The molecule has 0 unspecified atom stereocenters. The van der Waals surface area contributed by atoms with Gasteiger partial charge in [-0.3, -0.25) is 0 Å². The Hall–Kier alpha value is -0.303. The van der Waals surface area contributed by atoms with E-state index in [1.54, 1.807) is 0 Å². The molecule has 0 bridgehead atoms. The first-order valence-corrected chi connectivity index (χ1v) is 9.58. The highest BCUT2D eigenvalue weighted by Crippen LogP contribution is 2.23. The molecule has 0 aliphatic rings. The van der Waals surface area contributed by atoms with E-state index < -0.39 is 8.07 Å². The zero-order chi connectivity index (χ0) is 12.3. The minimum Gasteiger partial charge on any atom is -0.107 e. The maximum atomic E-state index is 4.04. The minimum atomic E-state index is -1.28. The molecule has 0 aromatic heterocycles.